The standard InChI is InChI=1S/C15H12ClNO6/c1-22-12-5-3-2-4-10(12)14(16)11-8-9(17(20)21)6-7-13(11)23-15(18)19/h2-8,14H,1H3,(H,18,19). The summed E-state index contributed by atoms with van der Waals surface area (Å²) in [5.41, 5.74) is 0.471. The van der Waals surface area contributed by atoms with Gasteiger partial charge in [0.05, 0.1) is 17.4 Å². The molecule has 0 aliphatic heterocycles. The first-order valence-electron chi connectivity index (χ1n) is 6.40. The average molecular weight is 338 g/mol. The third-order valence-electron chi connectivity index (χ3n) is 3.09. The van der Waals surface area contributed by atoms with E-state index in [1.165, 1.54) is 19.2 Å². The highest BCUT2D eigenvalue weighted by Gasteiger charge is 2.23. The molecule has 23 heavy (non-hydrogen) atoms. The third kappa shape index (κ3) is 3.70. The number of para-hydroxylation sites is 1. The number of halogens is 1. The van der Waals surface area contributed by atoms with E-state index in [1.807, 2.05) is 0 Å². The fraction of sp³-hybridized carbons (Fsp3) is 0.133. The number of hydrogen-bond acceptors (Lipinski definition) is 5. The first kappa shape index (κ1) is 16.6. The zero-order valence-electron chi connectivity index (χ0n) is 11.9. The number of rotatable bonds is 5. The number of carboxylic acid groups (broad SMARTS) is 1. The van der Waals surface area contributed by atoms with Gasteiger partial charge in [0, 0.05) is 23.3 Å². The molecule has 1 atom stereocenters. The van der Waals surface area contributed by atoms with Crippen molar-refractivity contribution in [1.82, 2.24) is 0 Å². The molecular weight excluding hydrogens is 326 g/mol. The predicted octanol–water partition coefficient (Wildman–Crippen LogP) is 3.99. The minimum atomic E-state index is -1.54. The second-order valence-electron chi connectivity index (χ2n) is 4.45. The number of alkyl halides is 1. The molecule has 0 amide bonds. The van der Waals surface area contributed by atoms with E-state index < -0.39 is 16.5 Å². The van der Waals surface area contributed by atoms with E-state index in [4.69, 9.17) is 21.4 Å². The molecule has 0 saturated carbocycles. The van der Waals surface area contributed by atoms with Crippen LogP contribution < -0.4 is 9.47 Å². The van der Waals surface area contributed by atoms with Gasteiger partial charge in [-0.15, -0.1) is 11.6 Å². The van der Waals surface area contributed by atoms with E-state index in [0.717, 1.165) is 6.07 Å². The molecule has 120 valence electrons. The third-order valence-corrected chi connectivity index (χ3v) is 3.56. The van der Waals surface area contributed by atoms with Crippen molar-refractivity contribution < 1.29 is 24.3 Å². The van der Waals surface area contributed by atoms with Gasteiger partial charge in [-0.25, -0.2) is 4.79 Å². The maximum absolute atomic E-state index is 10.9. The quantitative estimate of drug-likeness (QED) is 0.291. The molecule has 2 aromatic rings. The second-order valence-corrected chi connectivity index (χ2v) is 4.89. The fourth-order valence-electron chi connectivity index (χ4n) is 2.08. The van der Waals surface area contributed by atoms with Crippen LogP contribution in [0.25, 0.3) is 0 Å². The normalized spacial score (nSPS) is 11.6. The van der Waals surface area contributed by atoms with Crippen LogP contribution in [0.5, 0.6) is 11.5 Å². The summed E-state index contributed by atoms with van der Waals surface area (Å²) in [7, 11) is 1.46. The van der Waals surface area contributed by atoms with E-state index in [2.05, 4.69) is 4.74 Å². The number of nitrogens with zero attached hydrogens (tertiary/aromatic N) is 1. The molecule has 0 aliphatic carbocycles. The van der Waals surface area contributed by atoms with Gasteiger partial charge in [0.25, 0.3) is 5.69 Å². The van der Waals surface area contributed by atoms with E-state index in [9.17, 15) is 14.9 Å². The van der Waals surface area contributed by atoms with Gasteiger partial charge in [-0.05, 0) is 12.1 Å². The average Bonchev–Trinajstić information content (AvgIpc) is 2.53. The number of benzene rings is 2. The highest BCUT2D eigenvalue weighted by molar-refractivity contribution is 6.23. The molecule has 0 spiro atoms. The Kier molecular flexibility index (Phi) is 5.02. The molecule has 0 aromatic heterocycles. The first-order chi connectivity index (χ1) is 10.9. The summed E-state index contributed by atoms with van der Waals surface area (Å²) < 4.78 is 9.88. The molecule has 0 radical (unpaired) electrons. The van der Waals surface area contributed by atoms with E-state index in [0.29, 0.717) is 11.3 Å². The van der Waals surface area contributed by atoms with E-state index in [-0.39, 0.29) is 17.0 Å². The topological polar surface area (TPSA) is 98.9 Å². The summed E-state index contributed by atoms with van der Waals surface area (Å²) in [6.07, 6.45) is -1.54. The van der Waals surface area contributed by atoms with Gasteiger partial charge < -0.3 is 14.6 Å². The van der Waals surface area contributed by atoms with Crippen LogP contribution in [-0.4, -0.2) is 23.3 Å². The Labute approximate surface area is 136 Å². The summed E-state index contributed by atoms with van der Waals surface area (Å²) in [6, 6.07) is 10.4. The van der Waals surface area contributed by atoms with Gasteiger partial charge in [0.2, 0.25) is 0 Å². The lowest BCUT2D eigenvalue weighted by Gasteiger charge is -2.16. The summed E-state index contributed by atoms with van der Waals surface area (Å²) in [5.74, 6) is 0.397. The van der Waals surface area contributed by atoms with Gasteiger partial charge in [-0.3, -0.25) is 10.1 Å². The Morgan fingerprint density at radius 1 is 1.22 bits per heavy atom. The van der Waals surface area contributed by atoms with Crippen LogP contribution in [0.2, 0.25) is 0 Å². The molecule has 7 nitrogen and oxygen atoms in total. The summed E-state index contributed by atoms with van der Waals surface area (Å²) >= 11 is 6.41. The number of nitro groups is 1. The number of ether oxygens (including phenoxy) is 2. The van der Waals surface area contributed by atoms with Gasteiger partial charge in [0.1, 0.15) is 11.5 Å². The highest BCUT2D eigenvalue weighted by Crippen LogP contribution is 2.40. The molecule has 0 aliphatic rings. The molecule has 2 aromatic carbocycles. The van der Waals surface area contributed by atoms with Gasteiger partial charge >= 0.3 is 6.16 Å². The summed E-state index contributed by atoms with van der Waals surface area (Å²) in [6.45, 7) is 0. The smallest absolute Gasteiger partial charge is 0.496 e. The van der Waals surface area contributed by atoms with Crippen LogP contribution in [0.3, 0.4) is 0 Å². The minimum absolute atomic E-state index is 0.0750. The van der Waals surface area contributed by atoms with Gasteiger partial charge in [-0.2, -0.15) is 0 Å². The minimum Gasteiger partial charge on any atom is -0.496 e. The number of hydrogen-bond donors (Lipinski definition) is 1. The van der Waals surface area contributed by atoms with Crippen molar-refractivity contribution in [2.75, 3.05) is 7.11 Å². The zero-order valence-corrected chi connectivity index (χ0v) is 12.7. The van der Waals surface area contributed by atoms with Crippen LogP contribution in [-0.2, 0) is 0 Å². The van der Waals surface area contributed by atoms with E-state index >= 15 is 0 Å². The monoisotopic (exact) mass is 337 g/mol. The van der Waals surface area contributed by atoms with E-state index in [1.54, 1.807) is 24.3 Å². The van der Waals surface area contributed by atoms with Crippen molar-refractivity contribution in [3.8, 4) is 11.5 Å². The molecule has 0 saturated heterocycles. The first-order valence-corrected chi connectivity index (χ1v) is 6.83. The number of methoxy groups -OCH3 is 1. The van der Waals surface area contributed by atoms with Crippen molar-refractivity contribution in [2.24, 2.45) is 0 Å². The van der Waals surface area contributed by atoms with Gasteiger partial charge in [-0.1, -0.05) is 18.2 Å². The molecular formula is C15H12ClNO6. The predicted molar refractivity (Wildman–Crippen MR) is 82.4 cm³/mol. The van der Waals surface area contributed by atoms with Crippen LogP contribution in [0.15, 0.2) is 42.5 Å². The molecule has 0 fully saturated rings. The number of non-ortho nitro benzene ring substituents is 1. The van der Waals surface area contributed by atoms with Crippen LogP contribution in [0.4, 0.5) is 10.5 Å². The molecule has 0 bridgehead atoms. The van der Waals surface area contributed by atoms with Crippen molar-refractivity contribution >= 4 is 23.4 Å². The van der Waals surface area contributed by atoms with Crippen LogP contribution >= 0.6 is 11.6 Å². The number of nitro benzene ring substituents is 1. The van der Waals surface area contributed by atoms with Gasteiger partial charge in [0.15, 0.2) is 0 Å². The Hall–Kier alpha value is -2.80. The summed E-state index contributed by atoms with van der Waals surface area (Å²) in [4.78, 5) is 21.2. The summed E-state index contributed by atoms with van der Waals surface area (Å²) in [5, 5.41) is 18.9. The largest absolute Gasteiger partial charge is 0.511 e. The second kappa shape index (κ2) is 6.97. The zero-order chi connectivity index (χ0) is 17.0. The lowest BCUT2D eigenvalue weighted by molar-refractivity contribution is -0.384. The molecule has 0 heterocycles. The fourth-order valence-corrected chi connectivity index (χ4v) is 2.43. The lowest BCUT2D eigenvalue weighted by Crippen LogP contribution is -2.07. The number of carbonyl (C=O) groups is 1. The Morgan fingerprint density at radius 2 is 1.91 bits per heavy atom. The lowest BCUT2D eigenvalue weighted by atomic mass is 10.0. The van der Waals surface area contributed by atoms with Crippen molar-refractivity contribution in [1.29, 1.82) is 0 Å². The van der Waals surface area contributed by atoms with Crippen molar-refractivity contribution in [2.45, 2.75) is 5.38 Å². The van der Waals surface area contributed by atoms with Crippen LogP contribution in [0, 0.1) is 10.1 Å². The van der Waals surface area contributed by atoms with Crippen molar-refractivity contribution in [3.05, 3.63) is 63.7 Å². The Balaban J connectivity index is 2.55. The van der Waals surface area contributed by atoms with Crippen LogP contribution in [0.1, 0.15) is 16.5 Å². The SMILES string of the molecule is COc1ccccc1C(Cl)c1cc([N+](=O)[O-])ccc1OC(=O)O. The molecule has 2 rings (SSSR count). The maximum atomic E-state index is 10.9. The Morgan fingerprint density at radius 3 is 2.52 bits per heavy atom. The Bertz CT molecular complexity index is 748. The molecule has 1 N–H and O–H groups in total. The maximum Gasteiger partial charge on any atom is 0.511 e. The van der Waals surface area contributed by atoms with Crippen molar-refractivity contribution in [3.63, 3.8) is 0 Å². The molecule has 1 unspecified atom stereocenters. The molecule has 8 heteroatoms. The highest BCUT2D eigenvalue weighted by atomic mass is 35.5.